The van der Waals surface area contributed by atoms with E-state index >= 15 is 0 Å². The van der Waals surface area contributed by atoms with Crippen molar-refractivity contribution in [3.8, 4) is 5.75 Å². The maximum atomic E-state index is 13.4. The highest BCUT2D eigenvalue weighted by molar-refractivity contribution is 5.91. The van der Waals surface area contributed by atoms with Crippen LogP contribution in [0.5, 0.6) is 5.75 Å². The number of nitrogens with zero attached hydrogens (tertiary/aromatic N) is 1. The molecule has 0 aliphatic carbocycles. The Morgan fingerprint density at radius 1 is 1.12 bits per heavy atom. The molecule has 2 rings (SSSR count). The van der Waals surface area contributed by atoms with Gasteiger partial charge in [-0.2, -0.15) is 0 Å². The molecular formula is C16H15F2N3O3. The van der Waals surface area contributed by atoms with Crippen molar-refractivity contribution in [1.29, 1.82) is 0 Å². The van der Waals surface area contributed by atoms with E-state index in [9.17, 15) is 13.6 Å². The monoisotopic (exact) mass is 335 g/mol. The first-order valence-electron chi connectivity index (χ1n) is 6.91. The third kappa shape index (κ3) is 5.56. The summed E-state index contributed by atoms with van der Waals surface area (Å²) in [6, 6.07) is 11.7. The van der Waals surface area contributed by atoms with Gasteiger partial charge in [-0.1, -0.05) is 23.4 Å². The molecule has 24 heavy (non-hydrogen) atoms. The highest BCUT2D eigenvalue weighted by Crippen LogP contribution is 2.14. The van der Waals surface area contributed by atoms with Gasteiger partial charge in [0.05, 0.1) is 5.69 Å². The third-order valence-corrected chi connectivity index (χ3v) is 2.71. The van der Waals surface area contributed by atoms with Crippen LogP contribution in [0.1, 0.15) is 0 Å². The topological polar surface area (TPSA) is 85.9 Å². The number of carbonyl (C=O) groups excluding carboxylic acids is 1. The largest absolute Gasteiger partial charge is 0.486 e. The molecule has 0 fully saturated rings. The first kappa shape index (κ1) is 17.2. The van der Waals surface area contributed by atoms with Gasteiger partial charge in [0.2, 0.25) is 0 Å². The number of carbonyl (C=O) groups is 1. The van der Waals surface area contributed by atoms with E-state index in [4.69, 9.17) is 15.3 Å². The van der Waals surface area contributed by atoms with Crippen molar-refractivity contribution in [2.75, 3.05) is 18.5 Å². The summed E-state index contributed by atoms with van der Waals surface area (Å²) in [5.41, 5.74) is 5.41. The molecule has 0 atom stereocenters. The summed E-state index contributed by atoms with van der Waals surface area (Å²) in [6.45, 7) is -0.499. The van der Waals surface area contributed by atoms with Crippen molar-refractivity contribution < 1.29 is 23.1 Å². The van der Waals surface area contributed by atoms with Crippen molar-refractivity contribution in [1.82, 2.24) is 0 Å². The molecule has 6 nitrogen and oxygen atoms in total. The molecule has 0 unspecified atom stereocenters. The predicted molar refractivity (Wildman–Crippen MR) is 84.5 cm³/mol. The quantitative estimate of drug-likeness (QED) is 0.462. The highest BCUT2D eigenvalue weighted by Gasteiger charge is 2.08. The van der Waals surface area contributed by atoms with Gasteiger partial charge in [-0.3, -0.25) is 4.79 Å². The Labute approximate surface area is 136 Å². The molecule has 0 aromatic heterocycles. The Morgan fingerprint density at radius 2 is 1.88 bits per heavy atom. The summed E-state index contributed by atoms with van der Waals surface area (Å²) in [5.74, 6) is -1.65. The zero-order valence-electron chi connectivity index (χ0n) is 12.5. The summed E-state index contributed by atoms with van der Waals surface area (Å²) in [7, 11) is 0. The standard InChI is InChI=1S/C16H15F2N3O3/c17-11-6-7-14(13(18)8-11)20-16(22)10-24-21-15(19)9-23-12-4-2-1-3-5-12/h1-8H,9-10H2,(H2,19,21)(H,20,22). The molecule has 0 aliphatic rings. The fraction of sp³-hybridized carbons (Fsp3) is 0.125. The van der Waals surface area contributed by atoms with Gasteiger partial charge in [0.1, 0.15) is 24.0 Å². The number of amides is 1. The molecule has 2 aromatic rings. The van der Waals surface area contributed by atoms with Crippen molar-refractivity contribution in [3.63, 3.8) is 0 Å². The van der Waals surface area contributed by atoms with Gasteiger partial charge in [0.15, 0.2) is 12.4 Å². The van der Waals surface area contributed by atoms with Gasteiger partial charge < -0.3 is 20.6 Å². The van der Waals surface area contributed by atoms with Crippen LogP contribution in [0.2, 0.25) is 0 Å². The lowest BCUT2D eigenvalue weighted by Crippen LogP contribution is -2.23. The number of amidine groups is 1. The van der Waals surface area contributed by atoms with Crippen LogP contribution in [0.4, 0.5) is 14.5 Å². The second kappa shape index (κ2) is 8.47. The molecule has 3 N–H and O–H groups in total. The van der Waals surface area contributed by atoms with Crippen LogP contribution < -0.4 is 15.8 Å². The number of oxime groups is 1. The minimum atomic E-state index is -0.886. The SMILES string of the molecule is N/C(COc1ccccc1)=N\OCC(=O)Nc1ccc(F)cc1F. The lowest BCUT2D eigenvalue weighted by molar-refractivity contribution is -0.120. The minimum absolute atomic E-state index is 0.0157. The Hall–Kier alpha value is -3.16. The first-order chi connectivity index (χ1) is 11.5. The van der Waals surface area contributed by atoms with Crippen molar-refractivity contribution in [2.24, 2.45) is 10.9 Å². The number of rotatable bonds is 7. The van der Waals surface area contributed by atoms with Crippen LogP contribution in [0.15, 0.2) is 53.7 Å². The summed E-state index contributed by atoms with van der Waals surface area (Å²) < 4.78 is 31.4. The van der Waals surface area contributed by atoms with Crippen LogP contribution in [0.3, 0.4) is 0 Å². The van der Waals surface area contributed by atoms with Gasteiger partial charge in [0, 0.05) is 6.07 Å². The van der Waals surface area contributed by atoms with Gasteiger partial charge in [-0.15, -0.1) is 0 Å². The Morgan fingerprint density at radius 3 is 2.58 bits per heavy atom. The van der Waals surface area contributed by atoms with Crippen LogP contribution in [0.25, 0.3) is 0 Å². The Balaban J connectivity index is 1.74. The number of anilines is 1. The maximum absolute atomic E-state index is 13.4. The minimum Gasteiger partial charge on any atom is -0.486 e. The summed E-state index contributed by atoms with van der Waals surface area (Å²) in [5, 5.41) is 5.73. The molecule has 0 bridgehead atoms. The van der Waals surface area contributed by atoms with E-state index in [2.05, 4.69) is 10.5 Å². The fourth-order valence-corrected chi connectivity index (χ4v) is 1.65. The van der Waals surface area contributed by atoms with Crippen molar-refractivity contribution in [3.05, 3.63) is 60.2 Å². The summed E-state index contributed by atoms with van der Waals surface area (Å²) >= 11 is 0. The van der Waals surface area contributed by atoms with Gasteiger partial charge in [0.25, 0.3) is 5.91 Å². The molecule has 0 radical (unpaired) electrons. The number of ether oxygens (including phenoxy) is 1. The van der Waals surface area contributed by atoms with E-state index < -0.39 is 24.1 Å². The van der Waals surface area contributed by atoms with Gasteiger partial charge in [-0.25, -0.2) is 8.78 Å². The lowest BCUT2D eigenvalue weighted by Gasteiger charge is -2.07. The number of nitrogens with two attached hydrogens (primary N) is 1. The van der Waals surface area contributed by atoms with E-state index in [0.717, 1.165) is 12.1 Å². The van der Waals surface area contributed by atoms with E-state index in [1.807, 2.05) is 6.07 Å². The van der Waals surface area contributed by atoms with Crippen molar-refractivity contribution >= 4 is 17.4 Å². The van der Waals surface area contributed by atoms with Crippen molar-refractivity contribution in [2.45, 2.75) is 0 Å². The Kier molecular flexibility index (Phi) is 6.07. The molecule has 126 valence electrons. The molecule has 1 amide bonds. The molecule has 8 heteroatoms. The summed E-state index contributed by atoms with van der Waals surface area (Å²) in [4.78, 5) is 16.3. The van der Waals surface area contributed by atoms with Crippen LogP contribution in [0, 0.1) is 11.6 Å². The second-order valence-electron chi connectivity index (χ2n) is 4.63. The maximum Gasteiger partial charge on any atom is 0.265 e. The number of nitrogens with one attached hydrogen (secondary N) is 1. The van der Waals surface area contributed by atoms with Crippen LogP contribution in [-0.2, 0) is 9.63 Å². The highest BCUT2D eigenvalue weighted by atomic mass is 19.1. The fourth-order valence-electron chi connectivity index (χ4n) is 1.65. The van der Waals surface area contributed by atoms with E-state index in [-0.39, 0.29) is 18.1 Å². The molecule has 0 saturated heterocycles. The molecular weight excluding hydrogens is 320 g/mol. The van der Waals surface area contributed by atoms with Crippen LogP contribution in [-0.4, -0.2) is 25.0 Å². The molecule has 2 aromatic carbocycles. The third-order valence-electron chi connectivity index (χ3n) is 2.71. The summed E-state index contributed by atoms with van der Waals surface area (Å²) in [6.07, 6.45) is 0. The van der Waals surface area contributed by atoms with Gasteiger partial charge in [-0.05, 0) is 24.3 Å². The number of benzene rings is 2. The van der Waals surface area contributed by atoms with Crippen LogP contribution >= 0.6 is 0 Å². The normalized spacial score (nSPS) is 11.0. The second-order valence-corrected chi connectivity index (χ2v) is 4.63. The van der Waals surface area contributed by atoms with E-state index in [0.29, 0.717) is 11.8 Å². The van der Waals surface area contributed by atoms with E-state index in [1.165, 1.54) is 0 Å². The predicted octanol–water partition coefficient (Wildman–Crippen LogP) is 2.27. The number of para-hydroxylation sites is 1. The smallest absolute Gasteiger partial charge is 0.265 e. The number of halogens is 2. The average Bonchev–Trinajstić information content (AvgIpc) is 2.56. The van der Waals surface area contributed by atoms with E-state index in [1.54, 1.807) is 24.3 Å². The molecule has 0 saturated carbocycles. The molecule has 0 spiro atoms. The zero-order valence-corrected chi connectivity index (χ0v) is 12.5. The lowest BCUT2D eigenvalue weighted by atomic mass is 10.3. The average molecular weight is 335 g/mol. The zero-order chi connectivity index (χ0) is 17.4. The number of hydrogen-bond acceptors (Lipinski definition) is 4. The first-order valence-corrected chi connectivity index (χ1v) is 6.91. The van der Waals surface area contributed by atoms with Gasteiger partial charge >= 0.3 is 0 Å². The molecule has 0 heterocycles. The number of hydrogen-bond donors (Lipinski definition) is 2. The Bertz CT molecular complexity index is 724. The molecule has 0 aliphatic heterocycles.